The summed E-state index contributed by atoms with van der Waals surface area (Å²) in [5, 5.41) is 24.9. The van der Waals surface area contributed by atoms with Gasteiger partial charge in [-0.25, -0.2) is 4.98 Å². The van der Waals surface area contributed by atoms with Crippen LogP contribution in [-0.4, -0.2) is 59.4 Å². The molecular weight excluding hydrogens is 449 g/mol. The van der Waals surface area contributed by atoms with Gasteiger partial charge in [-0.15, -0.1) is 0 Å². The second kappa shape index (κ2) is 15.9. The van der Waals surface area contributed by atoms with E-state index in [-0.39, 0.29) is 6.42 Å². The number of anilines is 1. The maximum absolute atomic E-state index is 13.0. The van der Waals surface area contributed by atoms with Crippen LogP contribution in [0.1, 0.15) is 52.1 Å². The van der Waals surface area contributed by atoms with E-state index in [4.69, 9.17) is 15.3 Å². The second-order valence-electron chi connectivity index (χ2n) is 7.01. The van der Waals surface area contributed by atoms with Crippen molar-refractivity contribution in [1.29, 1.82) is 5.41 Å². The summed E-state index contributed by atoms with van der Waals surface area (Å²) in [7, 11) is 2.89. The van der Waals surface area contributed by atoms with Crippen LogP contribution in [0.25, 0.3) is 0 Å². The lowest BCUT2D eigenvalue weighted by Crippen LogP contribution is -2.25. The van der Waals surface area contributed by atoms with Gasteiger partial charge in [-0.3, -0.25) is 10.4 Å². The molecule has 0 aromatic carbocycles. The molecule has 0 amide bonds. The van der Waals surface area contributed by atoms with Gasteiger partial charge in [0.1, 0.15) is 23.0 Å². The molecule has 1 aliphatic rings. The summed E-state index contributed by atoms with van der Waals surface area (Å²) in [6.07, 6.45) is 3.14. The minimum Gasteiger partial charge on any atom is -0.507 e. The molecule has 0 radical (unpaired) electrons. The third-order valence-corrected chi connectivity index (χ3v) is 4.57. The Kier molecular flexibility index (Phi) is 14.5. The Morgan fingerprint density at radius 2 is 1.82 bits per heavy atom. The summed E-state index contributed by atoms with van der Waals surface area (Å²) in [6.45, 7) is 8.69. The molecule has 0 fully saturated rings. The number of aryl methyl sites for hydroxylation is 1. The molecule has 0 aliphatic heterocycles. The van der Waals surface area contributed by atoms with Crippen LogP contribution in [-0.2, 0) is 4.74 Å². The molecule has 7 nitrogen and oxygen atoms in total. The normalized spacial score (nSPS) is 13.4. The molecule has 3 N–H and O–H groups in total. The van der Waals surface area contributed by atoms with Crippen molar-refractivity contribution in [2.24, 2.45) is 0 Å². The maximum atomic E-state index is 13.0. The van der Waals surface area contributed by atoms with E-state index in [2.05, 4.69) is 9.97 Å². The number of nitrogens with zero attached hydrogens (tertiary/aromatic N) is 3. The molecule has 0 saturated heterocycles. The quantitative estimate of drug-likeness (QED) is 0.307. The molecule has 0 bridgehead atoms. The smallest absolute Gasteiger partial charge is 0.433 e. The summed E-state index contributed by atoms with van der Waals surface area (Å²) < 4.78 is 44.7. The average molecular weight is 487 g/mol. The van der Waals surface area contributed by atoms with Gasteiger partial charge in [0.05, 0.1) is 24.7 Å². The van der Waals surface area contributed by atoms with Crippen LogP contribution in [0.4, 0.5) is 19.0 Å². The fraction of sp³-hybridized carbons (Fsp3) is 0.542. The van der Waals surface area contributed by atoms with Gasteiger partial charge in [0, 0.05) is 31.8 Å². The summed E-state index contributed by atoms with van der Waals surface area (Å²) in [6, 6.07) is 0. The predicted octanol–water partition coefficient (Wildman–Crippen LogP) is 5.67. The fourth-order valence-electron chi connectivity index (χ4n) is 2.98. The Morgan fingerprint density at radius 1 is 1.18 bits per heavy atom. The molecule has 34 heavy (non-hydrogen) atoms. The summed E-state index contributed by atoms with van der Waals surface area (Å²) in [4.78, 5) is 10.4. The Bertz CT molecular complexity index is 848. The van der Waals surface area contributed by atoms with E-state index in [1.165, 1.54) is 6.08 Å². The molecule has 0 saturated carbocycles. The van der Waals surface area contributed by atoms with Crippen LogP contribution >= 0.6 is 0 Å². The summed E-state index contributed by atoms with van der Waals surface area (Å²) in [5.74, 6) is 0.571. The Labute approximate surface area is 200 Å². The number of rotatable bonds is 9. The van der Waals surface area contributed by atoms with Gasteiger partial charge >= 0.3 is 6.18 Å². The third-order valence-electron chi connectivity index (χ3n) is 4.57. The molecule has 1 aliphatic carbocycles. The van der Waals surface area contributed by atoms with E-state index in [0.29, 0.717) is 43.7 Å². The first-order valence-corrected chi connectivity index (χ1v) is 11.2. The lowest BCUT2D eigenvalue weighted by atomic mass is 10.0. The van der Waals surface area contributed by atoms with Gasteiger partial charge in [-0.05, 0) is 32.3 Å². The first-order valence-electron chi connectivity index (χ1n) is 11.2. The molecule has 1 aromatic rings. The van der Waals surface area contributed by atoms with Crippen LogP contribution in [0, 0.1) is 12.3 Å². The standard InChI is InChI=1S/C21H27F3N4O2.C2H6.CH4O/c1-4-7-15-17(9-5-8-16(19(15)29)20(25)21(22,23)24)30-11-6-10-28(3)18-13-26-14(2)12-27-18;2*1-2/h8-9,12-13,25,29H,4-7,10-11H2,1-3H3;1-2H3;2H,1H3. The monoisotopic (exact) mass is 486 g/mol. The van der Waals surface area contributed by atoms with Gasteiger partial charge in [0.25, 0.3) is 0 Å². The lowest BCUT2D eigenvalue weighted by Gasteiger charge is -2.19. The Balaban J connectivity index is 0.00000258. The Morgan fingerprint density at radius 3 is 2.35 bits per heavy atom. The predicted molar refractivity (Wildman–Crippen MR) is 129 cm³/mol. The number of aliphatic hydroxyl groups excluding tert-OH is 2. The van der Waals surface area contributed by atoms with Crippen LogP contribution in [0.3, 0.4) is 0 Å². The summed E-state index contributed by atoms with van der Waals surface area (Å²) in [5.41, 5.74) is -0.923. The minimum atomic E-state index is -4.83. The minimum absolute atomic E-state index is 0.138. The highest BCUT2D eigenvalue weighted by Gasteiger charge is 2.38. The number of halogens is 3. The van der Waals surface area contributed by atoms with Gasteiger partial charge in [0.15, 0.2) is 0 Å². The van der Waals surface area contributed by atoms with E-state index in [0.717, 1.165) is 18.6 Å². The second-order valence-corrected chi connectivity index (χ2v) is 7.01. The van der Waals surface area contributed by atoms with E-state index in [1.807, 2.05) is 39.6 Å². The Hall–Kier alpha value is -2.88. The van der Waals surface area contributed by atoms with Gasteiger partial charge in [-0.2, -0.15) is 13.2 Å². The van der Waals surface area contributed by atoms with Crippen LogP contribution in [0.2, 0.25) is 0 Å². The van der Waals surface area contributed by atoms with Crippen molar-refractivity contribution in [2.75, 3.05) is 32.2 Å². The molecule has 2 rings (SSSR count). The van der Waals surface area contributed by atoms with Crippen molar-refractivity contribution in [3.05, 3.63) is 52.9 Å². The number of allylic oxidation sites excluding steroid dienone is 4. The van der Waals surface area contributed by atoms with Crippen molar-refractivity contribution in [3.8, 4) is 0 Å². The fourth-order valence-corrected chi connectivity index (χ4v) is 2.98. The molecule has 1 aromatic heterocycles. The number of aromatic nitrogens is 2. The third kappa shape index (κ3) is 9.54. The molecule has 0 atom stereocenters. The average Bonchev–Trinajstić information content (AvgIpc) is 2.97. The largest absolute Gasteiger partial charge is 0.507 e. The summed E-state index contributed by atoms with van der Waals surface area (Å²) >= 11 is 0. The number of hydrogen-bond donors (Lipinski definition) is 3. The molecular formula is C24H37F3N4O3. The maximum Gasteiger partial charge on any atom is 0.433 e. The number of alkyl halides is 3. The lowest BCUT2D eigenvalue weighted by molar-refractivity contribution is -0.0591. The highest BCUT2D eigenvalue weighted by atomic mass is 19.4. The first-order chi connectivity index (χ1) is 16.1. The van der Waals surface area contributed by atoms with E-state index in [1.54, 1.807) is 18.5 Å². The highest BCUT2D eigenvalue weighted by Crippen LogP contribution is 2.32. The van der Waals surface area contributed by atoms with Crippen molar-refractivity contribution in [3.63, 3.8) is 0 Å². The highest BCUT2D eigenvalue weighted by molar-refractivity contribution is 6.05. The van der Waals surface area contributed by atoms with Crippen LogP contribution < -0.4 is 4.90 Å². The molecule has 10 heteroatoms. The molecule has 192 valence electrons. The first kappa shape index (κ1) is 31.1. The van der Waals surface area contributed by atoms with Crippen molar-refractivity contribution < 1.29 is 28.1 Å². The SMILES string of the molecule is CC.CCCC1=C(O)C(C(=N)C(F)(F)F)=CCC=C1OCCCN(C)c1cnc(C)cn1.CO. The number of hydrogen-bond acceptors (Lipinski definition) is 7. The van der Waals surface area contributed by atoms with E-state index < -0.39 is 23.2 Å². The zero-order valence-corrected chi connectivity index (χ0v) is 20.8. The molecule has 0 spiro atoms. The van der Waals surface area contributed by atoms with Crippen LogP contribution in [0.5, 0.6) is 0 Å². The van der Waals surface area contributed by atoms with Crippen LogP contribution in [0.15, 0.2) is 47.2 Å². The topological polar surface area (TPSA) is 103 Å². The number of ether oxygens (including phenoxy) is 1. The van der Waals surface area contributed by atoms with Gasteiger partial charge in [0.2, 0.25) is 0 Å². The van der Waals surface area contributed by atoms with Crippen molar-refractivity contribution in [1.82, 2.24) is 9.97 Å². The zero-order chi connectivity index (χ0) is 26.3. The van der Waals surface area contributed by atoms with Crippen molar-refractivity contribution in [2.45, 2.75) is 59.6 Å². The zero-order valence-electron chi connectivity index (χ0n) is 20.8. The molecule has 0 unspecified atom stereocenters. The van der Waals surface area contributed by atoms with Crippen molar-refractivity contribution >= 4 is 11.5 Å². The van der Waals surface area contributed by atoms with E-state index in [9.17, 15) is 18.3 Å². The number of nitrogens with one attached hydrogen (secondary N) is 1. The van der Waals surface area contributed by atoms with Gasteiger partial charge < -0.3 is 19.8 Å². The van der Waals surface area contributed by atoms with Gasteiger partial charge in [-0.1, -0.05) is 33.3 Å². The molecule has 1 heterocycles. The number of aliphatic hydroxyl groups is 2. The van der Waals surface area contributed by atoms with E-state index >= 15 is 0 Å².